The van der Waals surface area contributed by atoms with Gasteiger partial charge in [0.15, 0.2) is 0 Å². The van der Waals surface area contributed by atoms with Crippen molar-refractivity contribution < 1.29 is 0 Å². The van der Waals surface area contributed by atoms with E-state index in [9.17, 15) is 0 Å². The van der Waals surface area contributed by atoms with Crippen LogP contribution in [0.1, 0.15) is 0 Å². The van der Waals surface area contributed by atoms with E-state index in [1.807, 2.05) is 11.3 Å². The minimum Gasteiger partial charge on any atom is -0.308 e. The Labute approximate surface area is 304 Å². The van der Waals surface area contributed by atoms with Crippen LogP contribution in [-0.2, 0) is 0 Å². The highest BCUT2D eigenvalue weighted by molar-refractivity contribution is 7.27. The van der Waals surface area contributed by atoms with E-state index in [0.29, 0.717) is 0 Å². The monoisotopic (exact) mass is 686 g/mol. The van der Waals surface area contributed by atoms with Crippen LogP contribution >= 0.6 is 22.7 Å². The number of hydrogen-bond donors (Lipinski definition) is 0. The van der Waals surface area contributed by atoms with Gasteiger partial charge in [0, 0.05) is 32.4 Å². The molecule has 0 saturated carbocycles. The van der Waals surface area contributed by atoms with Crippen LogP contribution in [0.5, 0.6) is 0 Å². The number of nitrogens with zero attached hydrogens (tertiary/aromatic N) is 2. The Kier molecular flexibility index (Phi) is 7.23. The Morgan fingerprint density at radius 2 is 0.961 bits per heavy atom. The maximum Gasteiger partial charge on any atom is 0.124 e. The molecule has 2 heterocycles. The molecule has 0 N–H and O–H groups in total. The summed E-state index contributed by atoms with van der Waals surface area (Å²) in [6, 6.07) is 65.5. The third-order valence-electron chi connectivity index (χ3n) is 9.68. The van der Waals surface area contributed by atoms with Crippen LogP contribution in [0.25, 0.3) is 74.0 Å². The predicted molar refractivity (Wildman–Crippen MR) is 221 cm³/mol. The van der Waals surface area contributed by atoms with E-state index in [1.165, 1.54) is 63.6 Å². The fourth-order valence-electron chi connectivity index (χ4n) is 7.14. The van der Waals surface area contributed by atoms with Crippen molar-refractivity contribution in [3.63, 3.8) is 0 Å². The predicted octanol–water partition coefficient (Wildman–Crippen LogP) is 14.3. The van der Waals surface area contributed by atoms with Gasteiger partial charge in [0.1, 0.15) is 5.01 Å². The van der Waals surface area contributed by atoms with E-state index in [4.69, 9.17) is 4.98 Å². The molecule has 240 valence electrons. The Bertz CT molecular complexity index is 2840. The largest absolute Gasteiger partial charge is 0.308 e. The van der Waals surface area contributed by atoms with Crippen molar-refractivity contribution in [1.82, 2.24) is 4.98 Å². The summed E-state index contributed by atoms with van der Waals surface area (Å²) in [7, 11) is 0. The molecular formula is C47H30N2S2. The summed E-state index contributed by atoms with van der Waals surface area (Å²) >= 11 is 3.64. The van der Waals surface area contributed by atoms with Gasteiger partial charge in [0.25, 0.3) is 0 Å². The molecule has 8 aromatic carbocycles. The van der Waals surface area contributed by atoms with Crippen molar-refractivity contribution in [2.75, 3.05) is 4.90 Å². The van der Waals surface area contributed by atoms with Crippen molar-refractivity contribution in [2.24, 2.45) is 0 Å². The number of anilines is 3. The molecule has 0 spiro atoms. The van der Waals surface area contributed by atoms with E-state index in [1.54, 1.807) is 11.3 Å². The summed E-state index contributed by atoms with van der Waals surface area (Å²) in [4.78, 5) is 7.73. The first-order valence-electron chi connectivity index (χ1n) is 17.1. The van der Waals surface area contributed by atoms with E-state index >= 15 is 0 Å². The quantitative estimate of drug-likeness (QED) is 0.173. The maximum atomic E-state index is 5.28. The van der Waals surface area contributed by atoms with Gasteiger partial charge in [0.2, 0.25) is 0 Å². The molecule has 0 fully saturated rings. The first-order chi connectivity index (χ1) is 25.3. The molecule has 0 radical (unpaired) electrons. The number of aromatic nitrogens is 1. The lowest BCUT2D eigenvalue weighted by molar-refractivity contribution is 1.31. The molecule has 0 unspecified atom stereocenters. The van der Waals surface area contributed by atoms with Gasteiger partial charge in [0.05, 0.1) is 20.6 Å². The summed E-state index contributed by atoms with van der Waals surface area (Å²) in [6.45, 7) is 0. The average molecular weight is 687 g/mol. The Hall–Kier alpha value is -6.07. The molecule has 0 atom stereocenters. The van der Waals surface area contributed by atoms with Crippen LogP contribution in [0.15, 0.2) is 182 Å². The second-order valence-electron chi connectivity index (χ2n) is 12.8. The lowest BCUT2D eigenvalue weighted by Crippen LogP contribution is -2.10. The number of thiophene rings is 1. The van der Waals surface area contributed by atoms with Crippen molar-refractivity contribution in [3.8, 4) is 32.8 Å². The van der Waals surface area contributed by atoms with E-state index in [-0.39, 0.29) is 0 Å². The average Bonchev–Trinajstić information content (AvgIpc) is 3.81. The minimum absolute atomic E-state index is 1.02. The zero-order valence-corrected chi connectivity index (χ0v) is 29.2. The van der Waals surface area contributed by atoms with Crippen LogP contribution in [0.3, 0.4) is 0 Å². The normalized spacial score (nSPS) is 11.5. The molecule has 4 heteroatoms. The second-order valence-corrected chi connectivity index (χ2v) is 14.8. The molecular weight excluding hydrogens is 657 g/mol. The molecule has 2 nitrogen and oxygen atoms in total. The molecule has 0 amide bonds. The number of thiazole rings is 1. The number of hydrogen-bond acceptors (Lipinski definition) is 4. The molecule has 10 aromatic rings. The summed E-state index contributed by atoms with van der Waals surface area (Å²) in [6.07, 6.45) is 0. The zero-order chi connectivity index (χ0) is 33.7. The topological polar surface area (TPSA) is 16.1 Å². The van der Waals surface area contributed by atoms with Crippen LogP contribution in [0, 0.1) is 0 Å². The fourth-order valence-corrected chi connectivity index (χ4v) is 9.52. The minimum atomic E-state index is 1.02. The number of benzene rings is 8. The summed E-state index contributed by atoms with van der Waals surface area (Å²) in [5.41, 5.74) is 10.3. The van der Waals surface area contributed by atoms with Crippen molar-refractivity contribution in [2.45, 2.75) is 0 Å². The lowest BCUT2D eigenvalue weighted by atomic mass is 10.0. The molecule has 0 aliphatic heterocycles. The van der Waals surface area contributed by atoms with Gasteiger partial charge in [-0.2, -0.15) is 0 Å². The van der Waals surface area contributed by atoms with Crippen molar-refractivity contribution in [1.29, 1.82) is 0 Å². The molecule has 0 aliphatic rings. The molecule has 0 saturated heterocycles. The smallest absolute Gasteiger partial charge is 0.124 e. The first-order valence-corrected chi connectivity index (χ1v) is 18.8. The maximum absolute atomic E-state index is 5.28. The Morgan fingerprint density at radius 3 is 1.69 bits per heavy atom. The van der Waals surface area contributed by atoms with E-state index in [0.717, 1.165) is 27.5 Å². The van der Waals surface area contributed by atoms with Gasteiger partial charge in [-0.05, 0) is 75.5 Å². The summed E-state index contributed by atoms with van der Waals surface area (Å²) < 4.78 is 3.72. The Morgan fingerprint density at radius 1 is 0.392 bits per heavy atom. The summed E-state index contributed by atoms with van der Waals surface area (Å²) in [5.74, 6) is 0. The van der Waals surface area contributed by atoms with Gasteiger partial charge in [-0.1, -0.05) is 140 Å². The Balaban J connectivity index is 1.21. The highest BCUT2D eigenvalue weighted by Gasteiger charge is 2.24. The van der Waals surface area contributed by atoms with Crippen molar-refractivity contribution >= 4 is 80.9 Å². The fraction of sp³-hybridized carbons (Fsp3) is 0. The highest BCUT2D eigenvalue weighted by atomic mass is 32.1. The van der Waals surface area contributed by atoms with E-state index in [2.05, 4.69) is 187 Å². The third-order valence-corrected chi connectivity index (χ3v) is 12.0. The van der Waals surface area contributed by atoms with Crippen LogP contribution in [0.4, 0.5) is 17.1 Å². The number of fused-ring (bicyclic) bond motifs is 5. The third kappa shape index (κ3) is 5.28. The number of rotatable bonds is 6. The van der Waals surface area contributed by atoms with Crippen LogP contribution in [0.2, 0.25) is 0 Å². The molecule has 51 heavy (non-hydrogen) atoms. The van der Waals surface area contributed by atoms with Gasteiger partial charge in [-0.3, -0.25) is 0 Å². The van der Waals surface area contributed by atoms with Gasteiger partial charge in [-0.25, -0.2) is 4.98 Å². The molecule has 0 bridgehead atoms. The molecule has 0 aliphatic carbocycles. The van der Waals surface area contributed by atoms with Gasteiger partial charge >= 0.3 is 0 Å². The first kappa shape index (κ1) is 29.8. The van der Waals surface area contributed by atoms with Gasteiger partial charge in [-0.15, -0.1) is 22.7 Å². The standard InChI is InChI=1S/C47H30N2S2/c1-3-11-31(12-4-1)33-21-25-38(26-22-33)49(39-27-23-34(24-28-39)37-20-19-32-13-7-8-16-36(32)29-37)44-45-41(40-17-9-10-18-43(40)50-45)30-42-46(44)51-47(48-42)35-14-5-2-6-15-35/h1-30H. The molecule has 10 rings (SSSR count). The van der Waals surface area contributed by atoms with E-state index < -0.39 is 0 Å². The van der Waals surface area contributed by atoms with Crippen molar-refractivity contribution in [3.05, 3.63) is 182 Å². The van der Waals surface area contributed by atoms with Crippen LogP contribution < -0.4 is 4.90 Å². The summed E-state index contributed by atoms with van der Waals surface area (Å²) in [5, 5.41) is 6.03. The SMILES string of the molecule is c1ccc(-c2ccc(N(c3ccc(-c4ccc5ccccc5c4)cc3)c3c4sc(-c5ccccc5)nc4cc4c3sc3ccccc34)cc2)cc1. The molecule has 2 aromatic heterocycles. The van der Waals surface area contributed by atoms with Gasteiger partial charge < -0.3 is 4.90 Å². The second kappa shape index (κ2) is 12.4. The zero-order valence-electron chi connectivity index (χ0n) is 27.5. The van der Waals surface area contributed by atoms with Crippen LogP contribution in [-0.4, -0.2) is 4.98 Å². The highest BCUT2D eigenvalue weighted by Crippen LogP contribution is 2.51. The lowest BCUT2D eigenvalue weighted by Gasteiger charge is -2.27.